The number of hydrogen-bond acceptors (Lipinski definition) is 5. The van der Waals surface area contributed by atoms with E-state index in [1.54, 1.807) is 0 Å². The van der Waals surface area contributed by atoms with Crippen LogP contribution in [0, 0.1) is 0 Å². The Kier molecular flexibility index (Phi) is 8.45. The van der Waals surface area contributed by atoms with Crippen molar-refractivity contribution in [3.8, 4) is 0 Å². The molecule has 3 heterocycles. The van der Waals surface area contributed by atoms with Crippen molar-refractivity contribution in [3.05, 3.63) is 21.4 Å². The molecule has 2 aliphatic heterocycles. The summed E-state index contributed by atoms with van der Waals surface area (Å²) in [5.41, 5.74) is 0.875. The van der Waals surface area contributed by atoms with Gasteiger partial charge in [0.05, 0.1) is 11.4 Å². The van der Waals surface area contributed by atoms with Gasteiger partial charge < -0.3 is 15.5 Å². The minimum absolute atomic E-state index is 0.177. The summed E-state index contributed by atoms with van der Waals surface area (Å²) < 4.78 is 0. The number of imide groups is 1. The number of hydrogen-bond donors (Lipinski definition) is 3. The molecule has 2 aliphatic rings. The molecule has 1 unspecified atom stereocenters. The number of urea groups is 1. The Bertz CT molecular complexity index is 822. The summed E-state index contributed by atoms with van der Waals surface area (Å²) in [6, 6.07) is 1.13. The van der Waals surface area contributed by atoms with Crippen molar-refractivity contribution in [2.24, 2.45) is 0 Å². The molecule has 1 aromatic heterocycles. The zero-order chi connectivity index (χ0) is 22.2. The smallest absolute Gasteiger partial charge is 0.315 e. The first-order valence-electron chi connectivity index (χ1n) is 11.3. The normalized spacial score (nSPS) is 18.2. The average Bonchev–Trinajstić information content (AvgIpc) is 3.27. The van der Waals surface area contributed by atoms with Crippen molar-refractivity contribution in [1.29, 1.82) is 0 Å². The number of nitrogens with one attached hydrogen (secondary N) is 3. The Balaban J connectivity index is 1.36. The summed E-state index contributed by atoms with van der Waals surface area (Å²) in [6.45, 7) is 3.61. The van der Waals surface area contributed by atoms with Crippen molar-refractivity contribution in [2.45, 2.75) is 83.8 Å². The zero-order valence-corrected chi connectivity index (χ0v) is 18.9. The van der Waals surface area contributed by atoms with Crippen LogP contribution in [0.25, 0.3) is 0 Å². The van der Waals surface area contributed by atoms with Gasteiger partial charge in [0.1, 0.15) is 6.04 Å². The number of nitrogens with zero attached hydrogens (tertiary/aromatic N) is 1. The molecule has 0 spiro atoms. The second-order valence-corrected chi connectivity index (χ2v) is 9.33. The van der Waals surface area contributed by atoms with E-state index in [2.05, 4.69) is 22.9 Å². The highest BCUT2D eigenvalue weighted by Gasteiger charge is 2.40. The topological polar surface area (TPSA) is 108 Å². The lowest BCUT2D eigenvalue weighted by atomic mass is 10.0. The molecule has 9 heteroatoms. The number of unbranched alkanes of at least 4 members (excludes halogenated alkanes) is 6. The number of piperidine rings is 1. The maximum absolute atomic E-state index is 12.7. The maximum atomic E-state index is 12.7. The van der Waals surface area contributed by atoms with E-state index in [4.69, 9.17) is 0 Å². The van der Waals surface area contributed by atoms with E-state index < -0.39 is 11.9 Å². The van der Waals surface area contributed by atoms with Gasteiger partial charge in [0.25, 0.3) is 5.91 Å². The Hall–Kier alpha value is -2.42. The highest BCUT2D eigenvalue weighted by atomic mass is 32.1. The van der Waals surface area contributed by atoms with Crippen LogP contribution in [-0.4, -0.2) is 41.2 Å². The summed E-state index contributed by atoms with van der Waals surface area (Å²) >= 11 is 1.35. The Morgan fingerprint density at radius 1 is 1.13 bits per heavy atom. The van der Waals surface area contributed by atoms with Crippen LogP contribution < -0.4 is 16.0 Å². The fourth-order valence-corrected chi connectivity index (χ4v) is 5.07. The molecule has 1 atom stereocenters. The van der Waals surface area contributed by atoms with E-state index in [1.165, 1.54) is 48.3 Å². The largest absolute Gasteiger partial charge is 0.338 e. The second-order valence-electron chi connectivity index (χ2n) is 8.20. The lowest BCUT2D eigenvalue weighted by Gasteiger charge is -2.29. The third-order valence-corrected chi connectivity index (χ3v) is 6.90. The van der Waals surface area contributed by atoms with Crippen LogP contribution in [0.2, 0.25) is 0 Å². The summed E-state index contributed by atoms with van der Waals surface area (Å²) in [6.07, 6.45) is 9.05. The molecule has 1 fully saturated rings. The Labute approximate surface area is 187 Å². The van der Waals surface area contributed by atoms with Gasteiger partial charge in [-0.2, -0.15) is 0 Å². The third-order valence-electron chi connectivity index (χ3n) is 5.73. The van der Waals surface area contributed by atoms with Crippen LogP contribution in [0.4, 0.5) is 4.79 Å². The maximum Gasteiger partial charge on any atom is 0.315 e. The number of amides is 5. The molecule has 0 bridgehead atoms. The molecule has 5 amide bonds. The predicted octanol–water partition coefficient (Wildman–Crippen LogP) is 3.06. The highest BCUT2D eigenvalue weighted by Crippen LogP contribution is 2.33. The molecule has 1 saturated heterocycles. The first-order chi connectivity index (χ1) is 15.0. The van der Waals surface area contributed by atoms with Gasteiger partial charge in [-0.25, -0.2) is 4.79 Å². The van der Waals surface area contributed by atoms with Crippen LogP contribution in [0.15, 0.2) is 6.07 Å². The Morgan fingerprint density at radius 3 is 2.58 bits per heavy atom. The van der Waals surface area contributed by atoms with E-state index >= 15 is 0 Å². The van der Waals surface area contributed by atoms with Gasteiger partial charge in [-0.1, -0.05) is 45.4 Å². The van der Waals surface area contributed by atoms with Crippen LogP contribution >= 0.6 is 11.3 Å². The number of fused-ring (bicyclic) bond motifs is 1. The van der Waals surface area contributed by atoms with Gasteiger partial charge in [0.15, 0.2) is 0 Å². The van der Waals surface area contributed by atoms with Crippen LogP contribution in [0.3, 0.4) is 0 Å². The fraction of sp³-hybridized carbons (Fsp3) is 0.636. The lowest BCUT2D eigenvalue weighted by Crippen LogP contribution is -2.52. The molecule has 1 aromatic rings. The van der Waals surface area contributed by atoms with Crippen molar-refractivity contribution in [3.63, 3.8) is 0 Å². The van der Waals surface area contributed by atoms with Gasteiger partial charge in [0, 0.05) is 24.4 Å². The van der Waals surface area contributed by atoms with Gasteiger partial charge in [-0.15, -0.1) is 11.3 Å². The van der Waals surface area contributed by atoms with Crippen molar-refractivity contribution >= 4 is 35.1 Å². The van der Waals surface area contributed by atoms with Gasteiger partial charge in [0.2, 0.25) is 11.8 Å². The van der Waals surface area contributed by atoms with Crippen LogP contribution in [0.5, 0.6) is 0 Å². The minimum Gasteiger partial charge on any atom is -0.338 e. The number of thiophene rings is 1. The Morgan fingerprint density at radius 2 is 1.87 bits per heavy atom. The van der Waals surface area contributed by atoms with E-state index in [-0.39, 0.29) is 24.3 Å². The van der Waals surface area contributed by atoms with Crippen molar-refractivity contribution in [2.75, 3.05) is 6.54 Å². The second kappa shape index (κ2) is 11.3. The van der Waals surface area contributed by atoms with E-state index in [0.717, 1.165) is 23.3 Å². The van der Waals surface area contributed by atoms with Crippen LogP contribution in [0.1, 0.15) is 84.8 Å². The molecule has 3 N–H and O–H groups in total. The van der Waals surface area contributed by atoms with Crippen molar-refractivity contribution < 1.29 is 19.2 Å². The molecule has 0 aromatic carbocycles. The summed E-state index contributed by atoms with van der Waals surface area (Å²) in [7, 11) is 0. The predicted molar refractivity (Wildman–Crippen MR) is 119 cm³/mol. The number of carbonyl (C=O) groups excluding carboxylic acids is 4. The molecule has 0 saturated carbocycles. The number of rotatable bonds is 11. The van der Waals surface area contributed by atoms with Crippen molar-refractivity contribution in [1.82, 2.24) is 20.9 Å². The SMILES string of the molecule is CCCCCCCCCNC(=O)NCc1cc2c(s1)C(=O)N(C1CCC(=O)NC1=O)C2. The molecule has 170 valence electrons. The molecule has 3 rings (SSSR count). The average molecular weight is 449 g/mol. The van der Waals surface area contributed by atoms with Gasteiger partial charge >= 0.3 is 6.03 Å². The zero-order valence-electron chi connectivity index (χ0n) is 18.1. The fourth-order valence-electron chi connectivity index (χ4n) is 4.00. The van der Waals surface area contributed by atoms with Crippen LogP contribution in [-0.2, 0) is 22.7 Å². The lowest BCUT2D eigenvalue weighted by molar-refractivity contribution is -0.136. The molecule has 0 radical (unpaired) electrons. The van der Waals surface area contributed by atoms with E-state index in [9.17, 15) is 19.2 Å². The summed E-state index contributed by atoms with van der Waals surface area (Å²) in [5, 5.41) is 8.02. The van der Waals surface area contributed by atoms with E-state index in [0.29, 0.717) is 30.9 Å². The molecule has 0 aliphatic carbocycles. The first kappa shape index (κ1) is 23.2. The third kappa shape index (κ3) is 6.29. The molecular weight excluding hydrogens is 416 g/mol. The quantitative estimate of drug-likeness (QED) is 0.357. The summed E-state index contributed by atoms with van der Waals surface area (Å²) in [5.74, 6) is -0.871. The highest BCUT2D eigenvalue weighted by molar-refractivity contribution is 7.14. The molecule has 31 heavy (non-hydrogen) atoms. The minimum atomic E-state index is -0.594. The summed E-state index contributed by atoms with van der Waals surface area (Å²) in [4.78, 5) is 51.2. The van der Waals surface area contributed by atoms with E-state index in [1.807, 2.05) is 6.07 Å². The first-order valence-corrected chi connectivity index (χ1v) is 12.1. The molecular formula is C22H32N4O4S. The molecule has 8 nitrogen and oxygen atoms in total. The van der Waals surface area contributed by atoms with Gasteiger partial charge in [-0.3, -0.25) is 19.7 Å². The monoisotopic (exact) mass is 448 g/mol. The van der Waals surface area contributed by atoms with Gasteiger partial charge in [-0.05, 0) is 24.5 Å². The number of carbonyl (C=O) groups is 4. The standard InChI is InChI=1S/C22H32N4O4S/c1-2-3-4-5-6-7-8-11-23-22(30)24-13-16-12-15-14-26(21(29)19(15)31-16)17-9-10-18(27)25-20(17)28/h12,17H,2-11,13-14H2,1H3,(H2,23,24,30)(H,25,27,28).